The van der Waals surface area contributed by atoms with E-state index >= 15 is 0 Å². The topological polar surface area (TPSA) is 29.5 Å². The fraction of sp³-hybridized carbons (Fsp3) is 0.647. The second kappa shape index (κ2) is 6.75. The lowest BCUT2D eigenvalue weighted by atomic mass is 10.0. The second-order valence-corrected chi connectivity index (χ2v) is 6.92. The number of hydrogen-bond acceptors (Lipinski definition) is 3. The van der Waals surface area contributed by atoms with Crippen LogP contribution in [0.15, 0.2) is 4.90 Å². The van der Waals surface area contributed by atoms with Crippen molar-refractivity contribution >= 4 is 11.8 Å². The highest BCUT2D eigenvalue weighted by Gasteiger charge is 2.29. The summed E-state index contributed by atoms with van der Waals surface area (Å²) in [4.78, 5) is 1.14. The van der Waals surface area contributed by atoms with Gasteiger partial charge in [-0.15, -0.1) is 0 Å². The average molecular weight is 294 g/mol. The van der Waals surface area contributed by atoms with E-state index in [0.29, 0.717) is 5.75 Å². The molecule has 0 unspecified atom stereocenters. The van der Waals surface area contributed by atoms with Gasteiger partial charge < -0.3 is 9.84 Å². The molecule has 1 atom stereocenters. The maximum atomic E-state index is 10.1. The molecule has 0 saturated carbocycles. The maximum absolute atomic E-state index is 10.1. The Morgan fingerprint density at radius 2 is 1.70 bits per heavy atom. The zero-order valence-corrected chi connectivity index (χ0v) is 13.9. The van der Waals surface area contributed by atoms with Gasteiger partial charge in [-0.1, -0.05) is 44.4 Å². The van der Waals surface area contributed by atoms with Gasteiger partial charge in [0.25, 0.3) is 0 Å². The van der Waals surface area contributed by atoms with E-state index in [1.807, 2.05) is 20.8 Å². The summed E-state index contributed by atoms with van der Waals surface area (Å²) in [5.41, 5.74) is 3.24. The van der Waals surface area contributed by atoms with Crippen molar-refractivity contribution in [2.45, 2.75) is 76.6 Å². The molecule has 0 fully saturated rings. The first-order chi connectivity index (χ1) is 9.56. The van der Waals surface area contributed by atoms with Crippen molar-refractivity contribution in [1.29, 1.82) is 0 Å². The number of rotatable bonds is 6. The number of benzene rings is 1. The first-order valence-electron chi connectivity index (χ1n) is 7.72. The van der Waals surface area contributed by atoms with Crippen molar-refractivity contribution in [2.75, 3.05) is 0 Å². The van der Waals surface area contributed by atoms with Crippen molar-refractivity contribution in [2.24, 2.45) is 0 Å². The Balaban J connectivity index is 1.97. The monoisotopic (exact) mass is 294 g/mol. The molecular weight excluding hydrogens is 268 g/mol. The highest BCUT2D eigenvalue weighted by molar-refractivity contribution is 8.00. The smallest absolute Gasteiger partial charge is 0.149 e. The SMILES string of the molecule is CCCCCCC[C@@H]1Oc2c(C)c(C)c(O)c(C)c2S1. The molecule has 0 aliphatic carbocycles. The molecule has 0 saturated heterocycles. The van der Waals surface area contributed by atoms with E-state index in [9.17, 15) is 5.11 Å². The molecule has 20 heavy (non-hydrogen) atoms. The molecule has 1 aromatic rings. The lowest BCUT2D eigenvalue weighted by molar-refractivity contribution is 0.275. The summed E-state index contributed by atoms with van der Waals surface area (Å²) < 4.78 is 6.11. The molecule has 112 valence electrons. The molecule has 0 bridgehead atoms. The Morgan fingerprint density at radius 1 is 1.00 bits per heavy atom. The Morgan fingerprint density at radius 3 is 2.40 bits per heavy atom. The molecule has 1 N–H and O–H groups in total. The Bertz CT molecular complexity index is 446. The molecule has 0 spiro atoms. The van der Waals surface area contributed by atoms with E-state index in [0.717, 1.165) is 33.8 Å². The Kier molecular flexibility index (Phi) is 5.25. The standard InChI is InChI=1S/C17H26O2S/c1-5-6-7-8-9-10-14-19-16-12(3)11(2)15(18)13(4)17(16)20-14/h14,18H,5-10H2,1-4H3/t14-/m1/s1. The average Bonchev–Trinajstić information content (AvgIpc) is 2.87. The first-order valence-corrected chi connectivity index (χ1v) is 8.60. The minimum absolute atomic E-state index is 0.227. The van der Waals surface area contributed by atoms with Crippen molar-refractivity contribution in [3.63, 3.8) is 0 Å². The Hall–Kier alpha value is -0.830. The predicted molar refractivity (Wildman–Crippen MR) is 86.0 cm³/mol. The normalized spacial score (nSPS) is 17.1. The third kappa shape index (κ3) is 3.08. The van der Waals surface area contributed by atoms with Gasteiger partial charge in [-0.2, -0.15) is 0 Å². The second-order valence-electron chi connectivity index (χ2n) is 5.75. The van der Waals surface area contributed by atoms with Gasteiger partial charge >= 0.3 is 0 Å². The summed E-state index contributed by atoms with van der Waals surface area (Å²) in [6.07, 6.45) is 7.59. The lowest BCUT2D eigenvalue weighted by Gasteiger charge is -2.12. The summed E-state index contributed by atoms with van der Waals surface area (Å²) in [5.74, 6) is 1.43. The van der Waals surface area contributed by atoms with Crippen LogP contribution in [0.5, 0.6) is 11.5 Å². The molecule has 2 rings (SSSR count). The minimum atomic E-state index is 0.227. The maximum Gasteiger partial charge on any atom is 0.149 e. The Labute approximate surface area is 126 Å². The van der Waals surface area contributed by atoms with Gasteiger partial charge in [-0.05, 0) is 44.7 Å². The summed E-state index contributed by atoms with van der Waals surface area (Å²) in [6, 6.07) is 0. The lowest BCUT2D eigenvalue weighted by Crippen LogP contribution is -2.07. The third-order valence-electron chi connectivity index (χ3n) is 4.20. The highest BCUT2D eigenvalue weighted by Crippen LogP contribution is 2.50. The van der Waals surface area contributed by atoms with Gasteiger partial charge in [-0.25, -0.2) is 0 Å². The minimum Gasteiger partial charge on any atom is -0.507 e. The van der Waals surface area contributed by atoms with E-state index in [1.54, 1.807) is 11.8 Å². The van der Waals surface area contributed by atoms with Crippen molar-refractivity contribution in [3.8, 4) is 11.5 Å². The molecule has 0 aromatic heterocycles. The first kappa shape index (κ1) is 15.6. The number of hydrogen-bond donors (Lipinski definition) is 1. The number of ether oxygens (including phenoxy) is 1. The van der Waals surface area contributed by atoms with E-state index in [-0.39, 0.29) is 5.44 Å². The van der Waals surface area contributed by atoms with Crippen LogP contribution in [-0.4, -0.2) is 10.5 Å². The van der Waals surface area contributed by atoms with Crippen LogP contribution in [0.25, 0.3) is 0 Å². The van der Waals surface area contributed by atoms with Crippen LogP contribution in [0.3, 0.4) is 0 Å². The fourth-order valence-corrected chi connectivity index (χ4v) is 3.95. The van der Waals surface area contributed by atoms with E-state index in [4.69, 9.17) is 4.74 Å². The van der Waals surface area contributed by atoms with Crippen LogP contribution in [-0.2, 0) is 0 Å². The van der Waals surface area contributed by atoms with Gasteiger partial charge in [-0.3, -0.25) is 0 Å². The largest absolute Gasteiger partial charge is 0.507 e. The summed E-state index contributed by atoms with van der Waals surface area (Å²) in [5, 5.41) is 10.1. The summed E-state index contributed by atoms with van der Waals surface area (Å²) >= 11 is 1.78. The summed E-state index contributed by atoms with van der Waals surface area (Å²) in [7, 11) is 0. The van der Waals surface area contributed by atoms with Crippen LogP contribution in [0.1, 0.15) is 62.1 Å². The van der Waals surface area contributed by atoms with E-state index in [2.05, 4.69) is 6.92 Å². The van der Waals surface area contributed by atoms with Crippen LogP contribution in [0.4, 0.5) is 0 Å². The van der Waals surface area contributed by atoms with E-state index < -0.39 is 0 Å². The van der Waals surface area contributed by atoms with Crippen molar-refractivity contribution in [1.82, 2.24) is 0 Å². The molecular formula is C17H26O2S. The molecule has 2 nitrogen and oxygen atoms in total. The van der Waals surface area contributed by atoms with Gasteiger partial charge in [0, 0.05) is 5.56 Å². The van der Waals surface area contributed by atoms with Gasteiger partial charge in [0.1, 0.15) is 16.9 Å². The number of phenols is 1. The van der Waals surface area contributed by atoms with E-state index in [1.165, 1.54) is 32.1 Å². The zero-order valence-electron chi connectivity index (χ0n) is 13.1. The summed E-state index contributed by atoms with van der Waals surface area (Å²) in [6.45, 7) is 8.23. The van der Waals surface area contributed by atoms with Crippen LogP contribution in [0, 0.1) is 20.8 Å². The molecule has 1 aliphatic rings. The molecule has 1 aliphatic heterocycles. The molecule has 3 heteroatoms. The van der Waals surface area contributed by atoms with Crippen molar-refractivity contribution < 1.29 is 9.84 Å². The molecule has 1 aromatic carbocycles. The molecule has 1 heterocycles. The quantitative estimate of drug-likeness (QED) is 0.704. The van der Waals surface area contributed by atoms with Crippen LogP contribution < -0.4 is 4.74 Å². The van der Waals surface area contributed by atoms with Gasteiger partial charge in [0.2, 0.25) is 0 Å². The van der Waals surface area contributed by atoms with Crippen LogP contribution >= 0.6 is 11.8 Å². The number of phenolic OH excluding ortho intramolecular Hbond substituents is 1. The van der Waals surface area contributed by atoms with Crippen LogP contribution in [0.2, 0.25) is 0 Å². The van der Waals surface area contributed by atoms with Crippen molar-refractivity contribution in [3.05, 3.63) is 16.7 Å². The number of aromatic hydroxyl groups is 1. The third-order valence-corrected chi connectivity index (χ3v) is 5.52. The van der Waals surface area contributed by atoms with Gasteiger partial charge in [0.05, 0.1) is 4.90 Å². The number of unbranched alkanes of at least 4 members (excludes halogenated alkanes) is 4. The zero-order chi connectivity index (χ0) is 14.7. The highest BCUT2D eigenvalue weighted by atomic mass is 32.2. The number of thioether (sulfide) groups is 1. The van der Waals surface area contributed by atoms with Gasteiger partial charge in [0.15, 0.2) is 0 Å². The number of fused-ring (bicyclic) bond motifs is 1. The predicted octanol–water partition coefficient (Wildman–Crippen LogP) is 5.49. The fourth-order valence-electron chi connectivity index (χ4n) is 2.68. The molecule has 0 amide bonds. The molecule has 0 radical (unpaired) electrons.